The molecule has 0 spiro atoms. The molecular formula is C34H43N3O5. The van der Waals surface area contributed by atoms with Crippen LogP contribution in [0.3, 0.4) is 0 Å². The van der Waals surface area contributed by atoms with E-state index in [0.29, 0.717) is 41.2 Å². The van der Waals surface area contributed by atoms with Crippen molar-refractivity contribution in [2.24, 2.45) is 11.3 Å². The van der Waals surface area contributed by atoms with Crippen LogP contribution in [-0.2, 0) is 34.5 Å². The van der Waals surface area contributed by atoms with Crippen LogP contribution in [-0.4, -0.2) is 40.5 Å². The predicted octanol–water partition coefficient (Wildman–Crippen LogP) is 6.45. The van der Waals surface area contributed by atoms with Gasteiger partial charge in [0.05, 0.1) is 25.5 Å². The highest BCUT2D eigenvalue weighted by Gasteiger charge is 2.52. The number of aryl methyl sites for hydroxylation is 1. The quantitative estimate of drug-likeness (QED) is 0.203. The molecule has 2 aliphatic rings. The van der Waals surface area contributed by atoms with Gasteiger partial charge in [0.1, 0.15) is 30.3 Å². The molecule has 1 heterocycles. The van der Waals surface area contributed by atoms with Crippen LogP contribution in [0.1, 0.15) is 99.0 Å². The molecule has 0 amide bonds. The Morgan fingerprint density at radius 3 is 2.67 bits per heavy atom. The average molecular weight is 574 g/mol. The fourth-order valence-corrected chi connectivity index (χ4v) is 7.27. The van der Waals surface area contributed by atoms with E-state index >= 15 is 0 Å². The highest BCUT2D eigenvalue weighted by molar-refractivity contribution is 5.97. The summed E-state index contributed by atoms with van der Waals surface area (Å²) in [6, 6.07) is 12.2. The number of hydrogen-bond acceptors (Lipinski definition) is 7. The number of nitrogens with zero attached hydrogens (tertiary/aromatic N) is 3. The number of fused-ring (bicyclic) bond motifs is 3. The van der Waals surface area contributed by atoms with Crippen LogP contribution in [0.15, 0.2) is 42.6 Å². The Kier molecular flexibility index (Phi) is 8.44. The van der Waals surface area contributed by atoms with Gasteiger partial charge in [0.25, 0.3) is 0 Å². The smallest absolute Gasteiger partial charge is 0.327 e. The van der Waals surface area contributed by atoms with E-state index in [0.717, 1.165) is 25.7 Å². The fourth-order valence-electron chi connectivity index (χ4n) is 7.27. The molecule has 224 valence electrons. The molecule has 5 rings (SSSR count). The van der Waals surface area contributed by atoms with Crippen LogP contribution < -0.4 is 9.47 Å². The van der Waals surface area contributed by atoms with Gasteiger partial charge in [-0.15, -0.1) is 5.10 Å². The third kappa shape index (κ3) is 5.94. The molecule has 0 unspecified atom stereocenters. The lowest BCUT2D eigenvalue weighted by Gasteiger charge is -2.55. The molecule has 3 atom stereocenters. The number of hydrogen-bond donors (Lipinski definition) is 0. The lowest BCUT2D eigenvalue weighted by atomic mass is 9.50. The number of ketones is 1. The average Bonchev–Trinajstić information content (AvgIpc) is 3.41. The molecule has 2 aromatic carbocycles. The molecule has 0 radical (unpaired) electrons. The van der Waals surface area contributed by atoms with Crippen molar-refractivity contribution in [3.63, 3.8) is 0 Å². The Morgan fingerprint density at radius 1 is 1.12 bits per heavy atom. The van der Waals surface area contributed by atoms with Gasteiger partial charge in [0.2, 0.25) is 0 Å². The van der Waals surface area contributed by atoms with Crippen LogP contribution in [0.5, 0.6) is 11.5 Å². The molecular weight excluding hydrogens is 530 g/mol. The van der Waals surface area contributed by atoms with Crippen molar-refractivity contribution in [1.82, 2.24) is 15.0 Å². The zero-order valence-electron chi connectivity index (χ0n) is 25.7. The summed E-state index contributed by atoms with van der Waals surface area (Å²) in [5.41, 5.74) is 5.39. The van der Waals surface area contributed by atoms with Crippen molar-refractivity contribution in [3.8, 4) is 11.5 Å². The summed E-state index contributed by atoms with van der Waals surface area (Å²) >= 11 is 0. The normalized spacial score (nSPS) is 23.2. The summed E-state index contributed by atoms with van der Waals surface area (Å²) in [6.07, 6.45) is 7.21. The molecule has 0 bridgehead atoms. The molecule has 0 aliphatic heterocycles. The topological polar surface area (TPSA) is 92.5 Å². The van der Waals surface area contributed by atoms with Crippen molar-refractivity contribution in [3.05, 3.63) is 70.5 Å². The van der Waals surface area contributed by atoms with Gasteiger partial charge in [-0.3, -0.25) is 9.59 Å². The molecule has 0 saturated heterocycles. The number of carbonyl (C=O) groups excluding carboxylic acids is 2. The molecule has 1 aromatic heterocycles. The third-order valence-corrected chi connectivity index (χ3v) is 9.55. The van der Waals surface area contributed by atoms with Crippen molar-refractivity contribution >= 4 is 11.8 Å². The van der Waals surface area contributed by atoms with Gasteiger partial charge in [-0.2, -0.15) is 0 Å². The van der Waals surface area contributed by atoms with E-state index in [1.807, 2.05) is 0 Å². The van der Waals surface area contributed by atoms with Gasteiger partial charge in [-0.1, -0.05) is 57.5 Å². The Hall–Kier alpha value is -3.68. The van der Waals surface area contributed by atoms with E-state index < -0.39 is 0 Å². The number of rotatable bonds is 10. The Bertz CT molecular complexity index is 1460. The van der Waals surface area contributed by atoms with Crippen LogP contribution in [0.25, 0.3) is 0 Å². The van der Waals surface area contributed by atoms with Gasteiger partial charge in [-0.05, 0) is 84.7 Å². The number of aromatic nitrogens is 3. The van der Waals surface area contributed by atoms with Crippen LogP contribution >= 0.6 is 0 Å². The Balaban J connectivity index is 1.19. The molecule has 1 saturated carbocycles. The molecule has 8 heteroatoms. The third-order valence-electron chi connectivity index (χ3n) is 9.55. The summed E-state index contributed by atoms with van der Waals surface area (Å²) < 4.78 is 18.4. The maximum atomic E-state index is 12.9. The first-order valence-electron chi connectivity index (χ1n) is 15.0. The first kappa shape index (κ1) is 29.8. The largest absolute Gasteiger partial charge is 0.497 e. The van der Waals surface area contributed by atoms with E-state index in [1.54, 1.807) is 31.5 Å². The Labute approximate surface area is 248 Å². The summed E-state index contributed by atoms with van der Waals surface area (Å²) in [7, 11) is 1.55. The van der Waals surface area contributed by atoms with Gasteiger partial charge in [-0.25, -0.2) is 4.68 Å². The summed E-state index contributed by atoms with van der Waals surface area (Å²) in [5.74, 6) is 1.55. The number of esters is 1. The van der Waals surface area contributed by atoms with Gasteiger partial charge < -0.3 is 14.2 Å². The minimum atomic E-state index is -0.326. The molecule has 2 aliphatic carbocycles. The number of carbonyl (C=O) groups is 2. The van der Waals surface area contributed by atoms with Crippen molar-refractivity contribution in [1.29, 1.82) is 0 Å². The summed E-state index contributed by atoms with van der Waals surface area (Å²) in [6.45, 7) is 11.2. The minimum Gasteiger partial charge on any atom is -0.497 e. The zero-order valence-corrected chi connectivity index (χ0v) is 25.7. The number of methoxy groups -OCH3 is 1. The first-order valence-corrected chi connectivity index (χ1v) is 15.0. The standard InChI is InChI=1S/C34H43N3O5/c1-22(2)24-8-11-29-25(16-24)9-13-31-33(4,14-7-15-34(29,31)5)21-42-32(39)19-37-18-26(35-36-37)20-41-30-12-10-27(40-6)17-28(30)23(3)38/h8,10-12,16-18,22,31H,7,9,13-15,19-21H2,1-6H3/t31-,33-,34+/m0/s1. The van der Waals surface area contributed by atoms with Crippen LogP contribution in [0.2, 0.25) is 0 Å². The lowest BCUT2D eigenvalue weighted by molar-refractivity contribution is -0.152. The maximum absolute atomic E-state index is 12.9. The molecule has 3 aromatic rings. The van der Waals surface area contributed by atoms with E-state index in [4.69, 9.17) is 14.2 Å². The van der Waals surface area contributed by atoms with Gasteiger partial charge in [0, 0.05) is 5.41 Å². The molecule has 8 nitrogen and oxygen atoms in total. The van der Waals surface area contributed by atoms with Crippen molar-refractivity contribution in [2.45, 2.75) is 91.2 Å². The van der Waals surface area contributed by atoms with Crippen LogP contribution in [0.4, 0.5) is 0 Å². The molecule has 1 fully saturated rings. The van der Waals surface area contributed by atoms with Gasteiger partial charge in [0.15, 0.2) is 5.78 Å². The highest BCUT2D eigenvalue weighted by Crippen LogP contribution is 2.57. The zero-order chi connectivity index (χ0) is 30.1. The summed E-state index contributed by atoms with van der Waals surface area (Å²) in [5, 5.41) is 8.21. The van der Waals surface area contributed by atoms with E-state index in [-0.39, 0.29) is 35.7 Å². The Morgan fingerprint density at radius 2 is 1.93 bits per heavy atom. The van der Waals surface area contributed by atoms with E-state index in [2.05, 4.69) is 56.2 Å². The molecule has 42 heavy (non-hydrogen) atoms. The fraction of sp³-hybridized carbons (Fsp3) is 0.529. The van der Waals surface area contributed by atoms with Crippen molar-refractivity contribution < 1.29 is 23.8 Å². The number of benzene rings is 2. The van der Waals surface area contributed by atoms with E-state index in [9.17, 15) is 9.59 Å². The molecule has 0 N–H and O–H groups in total. The lowest BCUT2D eigenvalue weighted by Crippen LogP contribution is -2.51. The predicted molar refractivity (Wildman–Crippen MR) is 160 cm³/mol. The monoisotopic (exact) mass is 573 g/mol. The highest BCUT2D eigenvalue weighted by atomic mass is 16.5. The number of ether oxygens (including phenoxy) is 3. The number of Topliss-reactive ketones (excluding diaryl/α,β-unsaturated/α-hetero) is 1. The van der Waals surface area contributed by atoms with Crippen molar-refractivity contribution in [2.75, 3.05) is 13.7 Å². The van der Waals surface area contributed by atoms with E-state index in [1.165, 1.54) is 34.7 Å². The second-order valence-electron chi connectivity index (χ2n) is 12.9. The second-order valence-corrected chi connectivity index (χ2v) is 12.9. The SMILES string of the molecule is COc1ccc(OCc2cn(CC(=O)OC[C@]3(C)CCC[C@]4(C)c5ccc(C(C)C)cc5CC[C@@H]34)nn2)c(C(C)=O)c1. The second kappa shape index (κ2) is 11.9. The maximum Gasteiger partial charge on any atom is 0.327 e. The summed E-state index contributed by atoms with van der Waals surface area (Å²) in [4.78, 5) is 24.9. The van der Waals surface area contributed by atoms with Gasteiger partial charge >= 0.3 is 5.97 Å². The minimum absolute atomic E-state index is 0.0208. The first-order chi connectivity index (χ1) is 20.0. The van der Waals surface area contributed by atoms with Crippen LogP contribution in [0, 0.1) is 11.3 Å².